The van der Waals surface area contributed by atoms with Crippen LogP contribution >= 0.6 is 0 Å². The standard InChI is InChI=1S/C15H13N3O/c1-11-4-2-7-14(18-11)15(19)17-10-13-6-3-5-12(8-13)9-16/h2-8H,10H2,1H3,(H,17,19). The Morgan fingerprint density at radius 2 is 2.11 bits per heavy atom. The molecule has 2 rings (SSSR count). The summed E-state index contributed by atoms with van der Waals surface area (Å²) in [6, 6.07) is 14.5. The average Bonchev–Trinajstić information content (AvgIpc) is 2.45. The fourth-order valence-electron chi connectivity index (χ4n) is 1.69. The van der Waals surface area contributed by atoms with Gasteiger partial charge in [0.2, 0.25) is 0 Å². The summed E-state index contributed by atoms with van der Waals surface area (Å²) in [7, 11) is 0. The third-order valence-corrected chi connectivity index (χ3v) is 2.63. The van der Waals surface area contributed by atoms with E-state index in [2.05, 4.69) is 16.4 Å². The van der Waals surface area contributed by atoms with Crippen molar-refractivity contribution in [3.63, 3.8) is 0 Å². The normalized spacial score (nSPS) is 9.68. The van der Waals surface area contributed by atoms with Crippen molar-refractivity contribution in [2.24, 2.45) is 0 Å². The lowest BCUT2D eigenvalue weighted by atomic mass is 10.1. The van der Waals surface area contributed by atoms with Gasteiger partial charge in [0.05, 0.1) is 11.6 Å². The number of aryl methyl sites for hydroxylation is 1. The Balaban J connectivity index is 2.02. The molecule has 0 bridgehead atoms. The van der Waals surface area contributed by atoms with Crippen LogP contribution in [-0.4, -0.2) is 10.9 Å². The van der Waals surface area contributed by atoms with Gasteiger partial charge in [-0.1, -0.05) is 18.2 Å². The monoisotopic (exact) mass is 251 g/mol. The molecule has 0 aliphatic carbocycles. The van der Waals surface area contributed by atoms with Gasteiger partial charge in [-0.15, -0.1) is 0 Å². The first-order valence-electron chi connectivity index (χ1n) is 5.90. The van der Waals surface area contributed by atoms with E-state index in [-0.39, 0.29) is 5.91 Å². The van der Waals surface area contributed by atoms with E-state index in [0.29, 0.717) is 17.8 Å². The first kappa shape index (κ1) is 12.8. The molecule has 0 spiro atoms. The highest BCUT2D eigenvalue weighted by Crippen LogP contribution is 2.04. The molecule has 1 N–H and O–H groups in total. The van der Waals surface area contributed by atoms with Crippen LogP contribution in [0.5, 0.6) is 0 Å². The van der Waals surface area contributed by atoms with Crippen molar-refractivity contribution < 1.29 is 4.79 Å². The second kappa shape index (κ2) is 5.78. The van der Waals surface area contributed by atoms with E-state index in [1.807, 2.05) is 19.1 Å². The lowest BCUT2D eigenvalue weighted by Crippen LogP contribution is -2.23. The number of amides is 1. The van der Waals surface area contributed by atoms with Crippen molar-refractivity contribution in [2.75, 3.05) is 0 Å². The van der Waals surface area contributed by atoms with Gasteiger partial charge in [-0.3, -0.25) is 4.79 Å². The highest BCUT2D eigenvalue weighted by atomic mass is 16.1. The molecule has 1 aromatic carbocycles. The summed E-state index contributed by atoms with van der Waals surface area (Å²) in [5.74, 6) is -0.217. The Morgan fingerprint density at radius 1 is 1.32 bits per heavy atom. The van der Waals surface area contributed by atoms with Crippen LogP contribution in [0.25, 0.3) is 0 Å². The van der Waals surface area contributed by atoms with E-state index in [0.717, 1.165) is 11.3 Å². The van der Waals surface area contributed by atoms with Crippen LogP contribution in [0.2, 0.25) is 0 Å². The summed E-state index contributed by atoms with van der Waals surface area (Å²) in [5.41, 5.74) is 2.68. The van der Waals surface area contributed by atoms with Gasteiger partial charge in [0.15, 0.2) is 0 Å². The Hall–Kier alpha value is -2.67. The molecule has 0 radical (unpaired) electrons. The Bertz CT molecular complexity index is 644. The van der Waals surface area contributed by atoms with Crippen LogP contribution in [0.1, 0.15) is 27.3 Å². The Morgan fingerprint density at radius 3 is 2.84 bits per heavy atom. The third-order valence-electron chi connectivity index (χ3n) is 2.63. The van der Waals surface area contributed by atoms with Crippen LogP contribution in [0.4, 0.5) is 0 Å². The zero-order valence-corrected chi connectivity index (χ0v) is 10.6. The maximum Gasteiger partial charge on any atom is 0.270 e. The number of nitrogens with zero attached hydrogens (tertiary/aromatic N) is 2. The highest BCUT2D eigenvalue weighted by molar-refractivity contribution is 5.92. The second-order valence-corrected chi connectivity index (χ2v) is 4.16. The number of rotatable bonds is 3. The quantitative estimate of drug-likeness (QED) is 0.909. The predicted octanol–water partition coefficient (Wildman–Crippen LogP) is 2.19. The van der Waals surface area contributed by atoms with Gasteiger partial charge in [0.25, 0.3) is 5.91 Å². The lowest BCUT2D eigenvalue weighted by Gasteiger charge is -2.05. The minimum Gasteiger partial charge on any atom is -0.347 e. The van der Waals surface area contributed by atoms with Gasteiger partial charge < -0.3 is 5.32 Å². The largest absolute Gasteiger partial charge is 0.347 e. The van der Waals surface area contributed by atoms with Gasteiger partial charge in [0.1, 0.15) is 5.69 Å². The molecule has 2 aromatic rings. The SMILES string of the molecule is Cc1cccc(C(=O)NCc2cccc(C#N)c2)n1. The number of nitrogens with one attached hydrogen (secondary N) is 1. The number of pyridine rings is 1. The molecular weight excluding hydrogens is 238 g/mol. The Kier molecular flexibility index (Phi) is 3.89. The van der Waals surface area contributed by atoms with Crippen LogP contribution in [0, 0.1) is 18.3 Å². The molecule has 0 atom stereocenters. The molecule has 94 valence electrons. The number of nitriles is 1. The maximum absolute atomic E-state index is 11.9. The summed E-state index contributed by atoms with van der Waals surface area (Å²) >= 11 is 0. The van der Waals surface area contributed by atoms with Gasteiger partial charge in [-0.25, -0.2) is 4.98 Å². The van der Waals surface area contributed by atoms with Gasteiger partial charge in [0, 0.05) is 12.2 Å². The van der Waals surface area contributed by atoms with Crippen molar-refractivity contribution in [1.29, 1.82) is 5.26 Å². The smallest absolute Gasteiger partial charge is 0.270 e. The molecule has 1 aromatic heterocycles. The molecule has 19 heavy (non-hydrogen) atoms. The van der Waals surface area contributed by atoms with Crippen molar-refractivity contribution in [1.82, 2.24) is 10.3 Å². The number of carbonyl (C=O) groups is 1. The van der Waals surface area contributed by atoms with Crippen LogP contribution in [0.3, 0.4) is 0 Å². The number of benzene rings is 1. The van der Waals surface area contributed by atoms with Crippen LogP contribution in [-0.2, 0) is 6.54 Å². The fourth-order valence-corrected chi connectivity index (χ4v) is 1.69. The van der Waals surface area contributed by atoms with E-state index in [4.69, 9.17) is 5.26 Å². The zero-order chi connectivity index (χ0) is 13.7. The minimum absolute atomic E-state index is 0.217. The molecular formula is C15H13N3O. The number of aromatic nitrogens is 1. The van der Waals surface area contributed by atoms with Crippen LogP contribution in [0.15, 0.2) is 42.5 Å². The molecule has 0 saturated carbocycles. The molecule has 4 heteroatoms. The minimum atomic E-state index is -0.217. The van der Waals surface area contributed by atoms with Gasteiger partial charge >= 0.3 is 0 Å². The number of hydrogen-bond acceptors (Lipinski definition) is 3. The van der Waals surface area contributed by atoms with Gasteiger partial charge in [-0.05, 0) is 36.8 Å². The summed E-state index contributed by atoms with van der Waals surface area (Å²) in [5, 5.41) is 11.6. The Labute approximate surface area is 111 Å². The summed E-state index contributed by atoms with van der Waals surface area (Å²) in [4.78, 5) is 16.0. The molecule has 4 nitrogen and oxygen atoms in total. The molecule has 0 aliphatic rings. The summed E-state index contributed by atoms with van der Waals surface area (Å²) < 4.78 is 0. The number of carbonyl (C=O) groups excluding carboxylic acids is 1. The zero-order valence-electron chi connectivity index (χ0n) is 10.6. The average molecular weight is 251 g/mol. The van der Waals surface area contributed by atoms with Crippen molar-refractivity contribution in [3.05, 3.63) is 65.0 Å². The van der Waals surface area contributed by atoms with Crippen LogP contribution < -0.4 is 5.32 Å². The molecule has 0 unspecified atom stereocenters. The highest BCUT2D eigenvalue weighted by Gasteiger charge is 2.06. The van der Waals surface area contributed by atoms with E-state index in [1.54, 1.807) is 30.3 Å². The second-order valence-electron chi connectivity index (χ2n) is 4.16. The van der Waals surface area contributed by atoms with E-state index < -0.39 is 0 Å². The van der Waals surface area contributed by atoms with Crippen molar-refractivity contribution in [3.8, 4) is 6.07 Å². The molecule has 1 amide bonds. The van der Waals surface area contributed by atoms with Crippen molar-refractivity contribution >= 4 is 5.91 Å². The molecule has 0 aliphatic heterocycles. The lowest BCUT2D eigenvalue weighted by molar-refractivity contribution is 0.0945. The molecule has 0 saturated heterocycles. The fraction of sp³-hybridized carbons (Fsp3) is 0.133. The van der Waals surface area contributed by atoms with Gasteiger partial charge in [-0.2, -0.15) is 5.26 Å². The summed E-state index contributed by atoms with van der Waals surface area (Å²) in [6.07, 6.45) is 0. The number of hydrogen-bond donors (Lipinski definition) is 1. The first-order valence-corrected chi connectivity index (χ1v) is 5.90. The van der Waals surface area contributed by atoms with E-state index in [9.17, 15) is 4.79 Å². The summed E-state index contributed by atoms with van der Waals surface area (Å²) in [6.45, 7) is 2.22. The van der Waals surface area contributed by atoms with Crippen molar-refractivity contribution in [2.45, 2.75) is 13.5 Å². The maximum atomic E-state index is 11.9. The van der Waals surface area contributed by atoms with E-state index >= 15 is 0 Å². The first-order chi connectivity index (χ1) is 9.19. The molecule has 1 heterocycles. The van der Waals surface area contributed by atoms with E-state index in [1.165, 1.54) is 0 Å². The predicted molar refractivity (Wildman–Crippen MR) is 71.3 cm³/mol. The molecule has 0 fully saturated rings. The third kappa shape index (κ3) is 3.39. The topological polar surface area (TPSA) is 65.8 Å².